The molecule has 10 heteroatoms. The van der Waals surface area contributed by atoms with Gasteiger partial charge in [0.05, 0.1) is 19.8 Å². The number of amides is 1. The van der Waals surface area contributed by atoms with Gasteiger partial charge in [0, 0.05) is 17.1 Å². The van der Waals surface area contributed by atoms with E-state index < -0.39 is 6.04 Å². The minimum Gasteiger partial charge on any atom is -0.493 e. The average Bonchev–Trinajstić information content (AvgIpc) is 3.35. The van der Waals surface area contributed by atoms with Gasteiger partial charge in [0.2, 0.25) is 11.1 Å². The highest BCUT2D eigenvalue weighted by molar-refractivity contribution is 7.98. The summed E-state index contributed by atoms with van der Waals surface area (Å²) in [7, 11) is 3.14. The Bertz CT molecular complexity index is 1570. The van der Waals surface area contributed by atoms with Gasteiger partial charge in [-0.2, -0.15) is 4.98 Å². The molecule has 1 aliphatic heterocycles. The lowest BCUT2D eigenvalue weighted by Crippen LogP contribution is -2.31. The van der Waals surface area contributed by atoms with Gasteiger partial charge in [-0.15, -0.1) is 5.10 Å². The van der Waals surface area contributed by atoms with Crippen molar-refractivity contribution in [2.45, 2.75) is 30.8 Å². The van der Waals surface area contributed by atoms with Crippen LogP contribution in [0.1, 0.15) is 29.7 Å². The summed E-state index contributed by atoms with van der Waals surface area (Å²) in [6.07, 6.45) is 0. The third-order valence-electron chi connectivity index (χ3n) is 6.51. The van der Waals surface area contributed by atoms with Crippen LogP contribution < -0.4 is 20.1 Å². The zero-order valence-corrected chi connectivity index (χ0v) is 22.8. The van der Waals surface area contributed by atoms with Crippen LogP contribution in [0.3, 0.4) is 0 Å². The number of hydrogen-bond acceptors (Lipinski definition) is 7. The lowest BCUT2D eigenvalue weighted by Gasteiger charge is -2.29. The van der Waals surface area contributed by atoms with Gasteiger partial charge in [0.1, 0.15) is 11.9 Å². The fraction of sp³-hybridized carbons (Fsp3) is 0.207. The van der Waals surface area contributed by atoms with Crippen LogP contribution in [0.2, 0.25) is 0 Å². The molecule has 0 aliphatic carbocycles. The summed E-state index contributed by atoms with van der Waals surface area (Å²) in [5.74, 6) is 1.40. The van der Waals surface area contributed by atoms with Crippen molar-refractivity contribution in [3.8, 4) is 11.5 Å². The maximum absolute atomic E-state index is 14.2. The maximum atomic E-state index is 14.2. The fourth-order valence-electron chi connectivity index (χ4n) is 4.48. The Labute approximate surface area is 230 Å². The number of aromatic nitrogens is 3. The molecule has 8 nitrogen and oxygen atoms in total. The smallest absolute Gasteiger partial charge is 0.255 e. The molecule has 39 heavy (non-hydrogen) atoms. The van der Waals surface area contributed by atoms with Crippen molar-refractivity contribution in [1.29, 1.82) is 0 Å². The highest BCUT2D eigenvalue weighted by Gasteiger charge is 2.35. The van der Waals surface area contributed by atoms with Crippen LogP contribution in [0.25, 0.3) is 0 Å². The molecular weight excluding hydrogens is 517 g/mol. The minimum atomic E-state index is -0.611. The zero-order valence-electron chi connectivity index (χ0n) is 22.0. The van der Waals surface area contributed by atoms with Crippen molar-refractivity contribution in [1.82, 2.24) is 14.8 Å². The van der Waals surface area contributed by atoms with Gasteiger partial charge in [-0.25, -0.2) is 9.07 Å². The summed E-state index contributed by atoms with van der Waals surface area (Å²) in [5.41, 5.74) is 4.12. The number of thioether (sulfide) groups is 1. The molecule has 0 saturated carbocycles. The largest absolute Gasteiger partial charge is 0.493 e. The predicted octanol–water partition coefficient (Wildman–Crippen LogP) is 5.96. The summed E-state index contributed by atoms with van der Waals surface area (Å²) in [4.78, 5) is 18.4. The molecule has 1 unspecified atom stereocenters. The Kier molecular flexibility index (Phi) is 7.56. The van der Waals surface area contributed by atoms with Gasteiger partial charge >= 0.3 is 0 Å². The Morgan fingerprint density at radius 1 is 1.05 bits per heavy atom. The monoisotopic (exact) mass is 545 g/mol. The molecule has 1 amide bonds. The topological polar surface area (TPSA) is 90.3 Å². The lowest BCUT2D eigenvalue weighted by molar-refractivity contribution is -0.113. The molecule has 1 aromatic heterocycles. The summed E-state index contributed by atoms with van der Waals surface area (Å²) >= 11 is 1.32. The van der Waals surface area contributed by atoms with Gasteiger partial charge in [-0.3, -0.25) is 4.79 Å². The van der Waals surface area contributed by atoms with Crippen molar-refractivity contribution in [3.63, 3.8) is 0 Å². The van der Waals surface area contributed by atoms with E-state index in [4.69, 9.17) is 14.6 Å². The molecule has 0 radical (unpaired) electrons. The second-order valence-corrected chi connectivity index (χ2v) is 9.93. The van der Waals surface area contributed by atoms with E-state index in [1.54, 1.807) is 43.2 Å². The lowest BCUT2D eigenvalue weighted by atomic mass is 9.94. The first kappa shape index (κ1) is 26.3. The number of ether oxygens (including phenoxy) is 2. The van der Waals surface area contributed by atoms with Crippen molar-refractivity contribution in [3.05, 3.63) is 101 Å². The van der Waals surface area contributed by atoms with Crippen molar-refractivity contribution < 1.29 is 18.7 Å². The summed E-state index contributed by atoms with van der Waals surface area (Å²) < 4.78 is 26.9. The molecule has 200 valence electrons. The highest BCUT2D eigenvalue weighted by Crippen LogP contribution is 2.40. The summed E-state index contributed by atoms with van der Waals surface area (Å²) in [6, 6.07) is 19.1. The minimum absolute atomic E-state index is 0.268. The number of benzene rings is 3. The standard InChI is InChI=1S/C29H28FN5O3S/c1-17-9-5-8-12-22(17)32-27(36)25-18(2)31-28-33-29(39-16-20-10-6-7-11-21(20)30)34-35(28)26(25)19-13-14-23(37-3)24(15-19)38-4/h5-15,26H,16H2,1-4H3,(H,32,36)(H,31,33,34). The summed E-state index contributed by atoms with van der Waals surface area (Å²) in [6.45, 7) is 3.78. The molecule has 0 spiro atoms. The molecule has 1 atom stereocenters. The number of aryl methyl sites for hydroxylation is 1. The average molecular weight is 546 g/mol. The van der Waals surface area contributed by atoms with E-state index >= 15 is 0 Å². The van der Waals surface area contributed by atoms with Gasteiger partial charge < -0.3 is 20.1 Å². The number of anilines is 2. The zero-order chi connectivity index (χ0) is 27.5. The number of halogens is 1. The molecule has 5 rings (SSSR count). The van der Waals surface area contributed by atoms with Crippen LogP contribution in [0.4, 0.5) is 16.0 Å². The Morgan fingerprint density at radius 3 is 2.54 bits per heavy atom. The molecule has 1 aliphatic rings. The number of carbonyl (C=O) groups excluding carboxylic acids is 1. The third-order valence-corrected chi connectivity index (χ3v) is 7.40. The SMILES string of the molecule is COc1ccc(C2C(C(=O)Nc3ccccc3C)=C(C)Nc3nc(SCc4ccccc4F)nn32)cc1OC. The normalized spacial score (nSPS) is 14.4. The van der Waals surface area contributed by atoms with Crippen LogP contribution >= 0.6 is 11.8 Å². The van der Waals surface area contributed by atoms with Crippen LogP contribution in [-0.2, 0) is 10.5 Å². The summed E-state index contributed by atoms with van der Waals surface area (Å²) in [5, 5.41) is 11.5. The van der Waals surface area contributed by atoms with E-state index in [9.17, 15) is 9.18 Å². The van der Waals surface area contributed by atoms with Crippen molar-refractivity contribution >= 4 is 29.3 Å². The second-order valence-electron chi connectivity index (χ2n) is 8.99. The number of allylic oxidation sites excluding steroid dienone is 1. The van der Waals surface area contributed by atoms with E-state index in [-0.39, 0.29) is 11.7 Å². The van der Waals surface area contributed by atoms with Gasteiger partial charge in [-0.05, 0) is 54.8 Å². The quantitative estimate of drug-likeness (QED) is 0.264. The second kappa shape index (κ2) is 11.2. The van der Waals surface area contributed by atoms with E-state index in [1.165, 1.54) is 17.8 Å². The van der Waals surface area contributed by atoms with Gasteiger partial charge in [-0.1, -0.05) is 54.2 Å². The predicted molar refractivity (Wildman–Crippen MR) is 150 cm³/mol. The first-order valence-electron chi connectivity index (χ1n) is 12.3. The molecule has 2 heterocycles. The van der Waals surface area contributed by atoms with Crippen LogP contribution in [0.15, 0.2) is 83.2 Å². The fourth-order valence-corrected chi connectivity index (χ4v) is 5.29. The van der Waals surface area contributed by atoms with Gasteiger partial charge in [0.15, 0.2) is 11.5 Å². The number of nitrogens with one attached hydrogen (secondary N) is 2. The van der Waals surface area contributed by atoms with E-state index in [1.807, 2.05) is 50.2 Å². The Hall–Kier alpha value is -4.31. The number of para-hydroxylation sites is 1. The molecular formula is C29H28FN5O3S. The molecule has 0 saturated heterocycles. The molecule has 2 N–H and O–H groups in total. The van der Waals surface area contributed by atoms with E-state index in [0.29, 0.717) is 45.2 Å². The number of carbonyl (C=O) groups is 1. The van der Waals surface area contributed by atoms with Crippen LogP contribution in [-0.4, -0.2) is 34.9 Å². The highest BCUT2D eigenvalue weighted by atomic mass is 32.2. The number of hydrogen-bond donors (Lipinski definition) is 2. The van der Waals surface area contributed by atoms with Crippen LogP contribution in [0, 0.1) is 12.7 Å². The Morgan fingerprint density at radius 2 is 1.79 bits per heavy atom. The third kappa shape index (κ3) is 5.33. The van der Waals surface area contributed by atoms with Crippen LogP contribution in [0.5, 0.6) is 11.5 Å². The first-order chi connectivity index (χ1) is 18.9. The molecule has 0 fully saturated rings. The molecule has 4 aromatic rings. The first-order valence-corrected chi connectivity index (χ1v) is 13.3. The number of methoxy groups -OCH3 is 2. The Balaban J connectivity index is 1.54. The number of fused-ring (bicyclic) bond motifs is 1. The van der Waals surface area contributed by atoms with Crippen molar-refractivity contribution in [2.75, 3.05) is 24.9 Å². The number of rotatable bonds is 8. The van der Waals surface area contributed by atoms with Crippen molar-refractivity contribution in [2.24, 2.45) is 0 Å². The molecule has 0 bridgehead atoms. The maximum Gasteiger partial charge on any atom is 0.255 e. The van der Waals surface area contributed by atoms with E-state index in [2.05, 4.69) is 15.6 Å². The van der Waals surface area contributed by atoms with Gasteiger partial charge in [0.25, 0.3) is 5.91 Å². The number of nitrogens with zero attached hydrogens (tertiary/aromatic N) is 3. The van der Waals surface area contributed by atoms with E-state index in [0.717, 1.165) is 16.8 Å². The molecule has 3 aromatic carbocycles.